The number of anilines is 1. The summed E-state index contributed by atoms with van der Waals surface area (Å²) in [5.41, 5.74) is 1.53. The zero-order chi connectivity index (χ0) is 15.9. The van der Waals surface area contributed by atoms with Crippen LogP contribution >= 0.6 is 11.6 Å². The monoisotopic (exact) mass is 321 g/mol. The summed E-state index contributed by atoms with van der Waals surface area (Å²) in [6, 6.07) is 2.16. The lowest BCUT2D eigenvalue weighted by atomic mass is 10.1. The Labute approximate surface area is 137 Å². The number of pyridine rings is 1. The molecule has 2 rings (SSSR count). The smallest absolute Gasteiger partial charge is 0.154 e. The van der Waals surface area contributed by atoms with E-state index in [9.17, 15) is 0 Å². The Bertz CT molecular complexity index is 600. The van der Waals surface area contributed by atoms with Crippen molar-refractivity contribution in [1.29, 1.82) is 0 Å². The molecule has 0 saturated heterocycles. The van der Waals surface area contributed by atoms with E-state index in [4.69, 9.17) is 11.6 Å². The number of aromatic nitrogens is 3. The molecule has 0 radical (unpaired) electrons. The van der Waals surface area contributed by atoms with Crippen molar-refractivity contribution < 1.29 is 0 Å². The highest BCUT2D eigenvalue weighted by molar-refractivity contribution is 6.29. The van der Waals surface area contributed by atoms with Gasteiger partial charge in [0.25, 0.3) is 0 Å². The standard InChI is InChI=1S/C16H24ClN5/c1-4-22(5-2)10-6-7-12(3)20-16-15-13(8-9-18-16)21-14(17)11-19-15/h8-9,11-12H,4-7,10H2,1-3H3,(H,18,20). The quantitative estimate of drug-likeness (QED) is 0.805. The van der Waals surface area contributed by atoms with E-state index >= 15 is 0 Å². The summed E-state index contributed by atoms with van der Waals surface area (Å²) in [6.45, 7) is 9.94. The van der Waals surface area contributed by atoms with Crippen molar-refractivity contribution in [2.75, 3.05) is 25.0 Å². The summed E-state index contributed by atoms with van der Waals surface area (Å²) in [6.07, 6.45) is 5.55. The topological polar surface area (TPSA) is 53.9 Å². The zero-order valence-corrected chi connectivity index (χ0v) is 14.3. The molecule has 0 spiro atoms. The van der Waals surface area contributed by atoms with Crippen LogP contribution in [0.25, 0.3) is 11.0 Å². The van der Waals surface area contributed by atoms with Crippen molar-refractivity contribution in [3.05, 3.63) is 23.6 Å². The molecule has 0 aliphatic carbocycles. The van der Waals surface area contributed by atoms with E-state index in [2.05, 4.69) is 45.9 Å². The van der Waals surface area contributed by atoms with Gasteiger partial charge in [0, 0.05) is 12.2 Å². The number of nitrogens with one attached hydrogen (secondary N) is 1. The van der Waals surface area contributed by atoms with Gasteiger partial charge in [-0.3, -0.25) is 0 Å². The normalized spacial score (nSPS) is 12.8. The van der Waals surface area contributed by atoms with Crippen molar-refractivity contribution in [3.63, 3.8) is 0 Å². The molecule has 5 nitrogen and oxygen atoms in total. The highest BCUT2D eigenvalue weighted by atomic mass is 35.5. The Hall–Kier alpha value is -1.46. The molecule has 0 saturated carbocycles. The maximum Gasteiger partial charge on any atom is 0.154 e. The second-order valence-electron chi connectivity index (χ2n) is 5.43. The molecule has 2 aromatic heterocycles. The van der Waals surface area contributed by atoms with Gasteiger partial charge in [-0.2, -0.15) is 0 Å². The fourth-order valence-electron chi connectivity index (χ4n) is 2.50. The van der Waals surface area contributed by atoms with Crippen LogP contribution in [0, 0.1) is 0 Å². The van der Waals surface area contributed by atoms with Crippen LogP contribution in [0.4, 0.5) is 5.82 Å². The molecule has 0 fully saturated rings. The minimum absolute atomic E-state index is 0.339. The zero-order valence-electron chi connectivity index (χ0n) is 13.5. The van der Waals surface area contributed by atoms with E-state index in [0.717, 1.165) is 49.3 Å². The molecular formula is C16H24ClN5. The second kappa shape index (κ2) is 8.25. The summed E-state index contributed by atoms with van der Waals surface area (Å²) >= 11 is 5.88. The van der Waals surface area contributed by atoms with Gasteiger partial charge in [-0.1, -0.05) is 25.4 Å². The molecule has 6 heteroatoms. The van der Waals surface area contributed by atoms with Gasteiger partial charge in [0.05, 0.1) is 11.7 Å². The highest BCUT2D eigenvalue weighted by Gasteiger charge is 2.09. The summed E-state index contributed by atoms with van der Waals surface area (Å²) in [5.74, 6) is 0.775. The number of nitrogens with zero attached hydrogens (tertiary/aromatic N) is 4. The third kappa shape index (κ3) is 4.52. The molecule has 0 aliphatic rings. The van der Waals surface area contributed by atoms with Gasteiger partial charge in [0.1, 0.15) is 10.7 Å². The van der Waals surface area contributed by atoms with Crippen LogP contribution in [-0.4, -0.2) is 45.5 Å². The largest absolute Gasteiger partial charge is 0.366 e. The van der Waals surface area contributed by atoms with Crippen LogP contribution in [0.3, 0.4) is 0 Å². The lowest BCUT2D eigenvalue weighted by Gasteiger charge is -2.20. The predicted molar refractivity (Wildman–Crippen MR) is 92.4 cm³/mol. The SMILES string of the molecule is CCN(CC)CCCC(C)Nc1nccc2nc(Cl)cnc12. The first-order chi connectivity index (χ1) is 10.6. The molecule has 1 N–H and O–H groups in total. The third-order valence-corrected chi connectivity index (χ3v) is 4.00. The Morgan fingerprint density at radius 3 is 2.77 bits per heavy atom. The number of hydrogen-bond acceptors (Lipinski definition) is 5. The van der Waals surface area contributed by atoms with Crippen LogP contribution in [0.2, 0.25) is 5.15 Å². The molecule has 1 atom stereocenters. The van der Waals surface area contributed by atoms with Crippen molar-refractivity contribution in [2.24, 2.45) is 0 Å². The van der Waals surface area contributed by atoms with Crippen LogP contribution < -0.4 is 5.32 Å². The Balaban J connectivity index is 1.95. The molecule has 0 aromatic carbocycles. The van der Waals surface area contributed by atoms with Gasteiger partial charge in [0.15, 0.2) is 5.82 Å². The molecular weight excluding hydrogens is 298 g/mol. The van der Waals surface area contributed by atoms with Crippen molar-refractivity contribution in [1.82, 2.24) is 19.9 Å². The number of hydrogen-bond donors (Lipinski definition) is 1. The van der Waals surface area contributed by atoms with Gasteiger partial charge in [-0.05, 0) is 45.5 Å². The molecule has 0 aliphatic heterocycles. The second-order valence-corrected chi connectivity index (χ2v) is 5.82. The Morgan fingerprint density at radius 2 is 2.05 bits per heavy atom. The third-order valence-electron chi connectivity index (χ3n) is 3.82. The van der Waals surface area contributed by atoms with E-state index < -0.39 is 0 Å². The lowest BCUT2D eigenvalue weighted by molar-refractivity contribution is 0.295. The maximum atomic E-state index is 5.88. The number of fused-ring (bicyclic) bond motifs is 1. The van der Waals surface area contributed by atoms with Crippen LogP contribution in [-0.2, 0) is 0 Å². The van der Waals surface area contributed by atoms with Gasteiger partial charge in [-0.25, -0.2) is 15.0 Å². The van der Waals surface area contributed by atoms with Crippen LogP contribution in [0.5, 0.6) is 0 Å². The first kappa shape index (κ1) is 16.9. The highest BCUT2D eigenvalue weighted by Crippen LogP contribution is 2.19. The van der Waals surface area contributed by atoms with Crippen LogP contribution in [0.1, 0.15) is 33.6 Å². The summed E-state index contributed by atoms with van der Waals surface area (Å²) in [7, 11) is 0. The first-order valence-electron chi connectivity index (χ1n) is 7.90. The van der Waals surface area contributed by atoms with Crippen molar-refractivity contribution in [3.8, 4) is 0 Å². The predicted octanol–water partition coefficient (Wildman–Crippen LogP) is 3.60. The molecule has 1 unspecified atom stereocenters. The molecule has 2 aromatic rings. The fourth-order valence-corrected chi connectivity index (χ4v) is 2.63. The average molecular weight is 322 g/mol. The van der Waals surface area contributed by atoms with Gasteiger partial charge < -0.3 is 10.2 Å². The van der Waals surface area contributed by atoms with E-state index in [1.807, 2.05) is 6.07 Å². The van der Waals surface area contributed by atoms with E-state index in [-0.39, 0.29) is 0 Å². The van der Waals surface area contributed by atoms with Gasteiger partial charge >= 0.3 is 0 Å². The van der Waals surface area contributed by atoms with E-state index in [1.165, 1.54) is 0 Å². The number of halogens is 1. The Morgan fingerprint density at radius 1 is 1.27 bits per heavy atom. The lowest BCUT2D eigenvalue weighted by Crippen LogP contribution is -2.25. The van der Waals surface area contributed by atoms with E-state index in [0.29, 0.717) is 11.2 Å². The minimum atomic E-state index is 0.339. The summed E-state index contributed by atoms with van der Waals surface area (Å²) in [4.78, 5) is 15.4. The fraction of sp³-hybridized carbons (Fsp3) is 0.562. The first-order valence-corrected chi connectivity index (χ1v) is 8.28. The summed E-state index contributed by atoms with van der Waals surface area (Å²) in [5, 5.41) is 3.84. The van der Waals surface area contributed by atoms with Crippen LogP contribution in [0.15, 0.2) is 18.5 Å². The molecule has 0 amide bonds. The van der Waals surface area contributed by atoms with Gasteiger partial charge in [0.2, 0.25) is 0 Å². The minimum Gasteiger partial charge on any atom is -0.366 e. The molecule has 0 bridgehead atoms. The van der Waals surface area contributed by atoms with Crippen molar-refractivity contribution >= 4 is 28.5 Å². The number of rotatable bonds is 8. The Kier molecular flexibility index (Phi) is 6.34. The average Bonchev–Trinajstić information content (AvgIpc) is 2.51. The van der Waals surface area contributed by atoms with Crippen molar-refractivity contribution in [2.45, 2.75) is 39.7 Å². The summed E-state index contributed by atoms with van der Waals surface area (Å²) < 4.78 is 0. The molecule has 22 heavy (non-hydrogen) atoms. The molecule has 120 valence electrons. The van der Waals surface area contributed by atoms with Gasteiger partial charge in [-0.15, -0.1) is 0 Å². The van der Waals surface area contributed by atoms with E-state index in [1.54, 1.807) is 12.4 Å². The maximum absolute atomic E-state index is 5.88. The molecule has 2 heterocycles.